The highest BCUT2D eigenvalue weighted by atomic mass is 79.9. The van der Waals surface area contributed by atoms with Crippen molar-refractivity contribution in [3.63, 3.8) is 0 Å². The Bertz CT molecular complexity index is 355. The molecular formula is C13H16BrClO2. The Morgan fingerprint density at radius 1 is 1.29 bits per heavy atom. The molecule has 1 saturated carbocycles. The van der Waals surface area contributed by atoms with Crippen LogP contribution in [0.25, 0.3) is 0 Å². The lowest BCUT2D eigenvalue weighted by molar-refractivity contribution is -0.124. The number of rotatable bonds is 5. The predicted molar refractivity (Wildman–Crippen MR) is 72.8 cm³/mol. The summed E-state index contributed by atoms with van der Waals surface area (Å²) >= 11 is 9.41. The van der Waals surface area contributed by atoms with Crippen molar-refractivity contribution in [3.8, 4) is 0 Å². The number of benzene rings is 1. The highest BCUT2D eigenvalue weighted by Gasteiger charge is 2.40. The summed E-state index contributed by atoms with van der Waals surface area (Å²) in [6.07, 6.45) is 1.40. The maximum absolute atomic E-state index is 5.84. The van der Waals surface area contributed by atoms with Crippen LogP contribution in [0.15, 0.2) is 24.3 Å². The smallest absolute Gasteiger partial charge is 0.0962 e. The van der Waals surface area contributed by atoms with Gasteiger partial charge in [-0.15, -0.1) is 0 Å². The van der Waals surface area contributed by atoms with Crippen LogP contribution in [-0.4, -0.2) is 23.6 Å². The van der Waals surface area contributed by atoms with Gasteiger partial charge in [-0.25, -0.2) is 0 Å². The van der Waals surface area contributed by atoms with Gasteiger partial charge in [-0.05, 0) is 31.0 Å². The summed E-state index contributed by atoms with van der Waals surface area (Å²) in [6, 6.07) is 7.74. The van der Waals surface area contributed by atoms with Gasteiger partial charge in [0.2, 0.25) is 0 Å². The van der Waals surface area contributed by atoms with Gasteiger partial charge in [-0.3, -0.25) is 0 Å². The first kappa shape index (κ1) is 13.3. The van der Waals surface area contributed by atoms with E-state index in [1.54, 1.807) is 0 Å². The van der Waals surface area contributed by atoms with Crippen molar-refractivity contribution in [1.82, 2.24) is 0 Å². The molecule has 94 valence electrons. The van der Waals surface area contributed by atoms with Crippen molar-refractivity contribution >= 4 is 27.5 Å². The maximum Gasteiger partial charge on any atom is 0.0962 e. The fourth-order valence-electron chi connectivity index (χ4n) is 1.88. The summed E-state index contributed by atoms with van der Waals surface area (Å²) < 4.78 is 11.5. The first-order valence-corrected chi connectivity index (χ1v) is 7.11. The van der Waals surface area contributed by atoms with E-state index in [0.29, 0.717) is 11.4 Å². The SMILES string of the molecule is CCOC1C(Br)CC1OCc1ccc(Cl)cc1. The molecule has 2 rings (SSSR count). The van der Waals surface area contributed by atoms with Crippen LogP contribution in [0.1, 0.15) is 18.9 Å². The molecule has 0 aliphatic heterocycles. The van der Waals surface area contributed by atoms with Crippen LogP contribution in [0.4, 0.5) is 0 Å². The van der Waals surface area contributed by atoms with Crippen molar-refractivity contribution in [2.24, 2.45) is 0 Å². The van der Waals surface area contributed by atoms with Crippen LogP contribution in [0, 0.1) is 0 Å². The standard InChI is InChI=1S/C13H16BrClO2/c1-2-16-13-11(14)7-12(13)17-8-9-3-5-10(15)6-4-9/h3-6,11-13H,2,7-8H2,1H3. The number of alkyl halides is 1. The van der Waals surface area contributed by atoms with Crippen LogP contribution >= 0.6 is 27.5 Å². The molecule has 2 nitrogen and oxygen atoms in total. The fraction of sp³-hybridized carbons (Fsp3) is 0.538. The van der Waals surface area contributed by atoms with E-state index in [0.717, 1.165) is 23.6 Å². The third kappa shape index (κ3) is 3.44. The molecule has 0 saturated heterocycles. The molecule has 1 aromatic rings. The molecule has 1 aliphatic rings. The number of halogens is 2. The summed E-state index contributed by atoms with van der Waals surface area (Å²) in [4.78, 5) is 0.428. The highest BCUT2D eigenvalue weighted by Crippen LogP contribution is 2.33. The van der Waals surface area contributed by atoms with Crippen LogP contribution in [0.5, 0.6) is 0 Å². The maximum atomic E-state index is 5.84. The highest BCUT2D eigenvalue weighted by molar-refractivity contribution is 9.09. The minimum absolute atomic E-state index is 0.187. The van der Waals surface area contributed by atoms with Crippen molar-refractivity contribution in [1.29, 1.82) is 0 Å². The Morgan fingerprint density at radius 2 is 2.00 bits per heavy atom. The van der Waals surface area contributed by atoms with E-state index in [4.69, 9.17) is 21.1 Å². The molecule has 0 heterocycles. The average Bonchev–Trinajstić information content (AvgIpc) is 2.33. The second kappa shape index (κ2) is 6.19. The molecule has 0 amide bonds. The first-order valence-electron chi connectivity index (χ1n) is 5.82. The molecule has 17 heavy (non-hydrogen) atoms. The molecule has 0 aromatic heterocycles. The van der Waals surface area contributed by atoms with E-state index in [1.165, 1.54) is 0 Å². The zero-order valence-electron chi connectivity index (χ0n) is 9.74. The third-order valence-electron chi connectivity index (χ3n) is 2.92. The van der Waals surface area contributed by atoms with Crippen LogP contribution in [0.2, 0.25) is 5.02 Å². The molecular weight excluding hydrogens is 303 g/mol. The largest absolute Gasteiger partial charge is 0.375 e. The molecule has 0 N–H and O–H groups in total. The second-order valence-electron chi connectivity index (χ2n) is 4.15. The summed E-state index contributed by atoms with van der Waals surface area (Å²) in [5.41, 5.74) is 1.14. The van der Waals surface area contributed by atoms with E-state index < -0.39 is 0 Å². The van der Waals surface area contributed by atoms with E-state index in [2.05, 4.69) is 15.9 Å². The molecule has 1 aromatic carbocycles. The second-order valence-corrected chi connectivity index (χ2v) is 5.76. The quantitative estimate of drug-likeness (QED) is 0.769. The van der Waals surface area contributed by atoms with Crippen LogP contribution in [-0.2, 0) is 16.1 Å². The van der Waals surface area contributed by atoms with Crippen molar-refractivity contribution in [3.05, 3.63) is 34.9 Å². The van der Waals surface area contributed by atoms with E-state index in [1.807, 2.05) is 31.2 Å². The van der Waals surface area contributed by atoms with Gasteiger partial charge in [0, 0.05) is 16.5 Å². The average molecular weight is 320 g/mol. The van der Waals surface area contributed by atoms with Crippen LogP contribution < -0.4 is 0 Å². The lowest BCUT2D eigenvalue weighted by Crippen LogP contribution is -2.50. The van der Waals surface area contributed by atoms with E-state index in [-0.39, 0.29) is 12.2 Å². The molecule has 4 heteroatoms. The third-order valence-corrected chi connectivity index (χ3v) is 4.06. The van der Waals surface area contributed by atoms with Gasteiger partial charge in [0.05, 0.1) is 18.8 Å². The minimum Gasteiger partial charge on any atom is -0.375 e. The van der Waals surface area contributed by atoms with E-state index in [9.17, 15) is 0 Å². The van der Waals surface area contributed by atoms with E-state index >= 15 is 0 Å². The zero-order valence-corrected chi connectivity index (χ0v) is 12.1. The lowest BCUT2D eigenvalue weighted by Gasteiger charge is -2.40. The molecule has 1 aliphatic carbocycles. The lowest BCUT2D eigenvalue weighted by atomic mass is 9.91. The Hall–Kier alpha value is -0.0900. The predicted octanol–water partition coefficient (Wildman–Crippen LogP) is 3.80. The van der Waals surface area contributed by atoms with Crippen molar-refractivity contribution in [2.75, 3.05) is 6.61 Å². The number of ether oxygens (including phenoxy) is 2. The first-order chi connectivity index (χ1) is 8.20. The summed E-state index contributed by atoms with van der Waals surface area (Å²) in [5, 5.41) is 0.755. The number of hydrogen-bond donors (Lipinski definition) is 0. The van der Waals surface area contributed by atoms with Crippen molar-refractivity contribution < 1.29 is 9.47 Å². The summed E-state index contributed by atoms with van der Waals surface area (Å²) in [6.45, 7) is 3.35. The Labute approximate surface area is 115 Å². The molecule has 3 unspecified atom stereocenters. The molecule has 0 bridgehead atoms. The monoisotopic (exact) mass is 318 g/mol. The van der Waals surface area contributed by atoms with Gasteiger partial charge in [-0.2, -0.15) is 0 Å². The Balaban J connectivity index is 1.80. The summed E-state index contributed by atoms with van der Waals surface area (Å²) in [7, 11) is 0. The summed E-state index contributed by atoms with van der Waals surface area (Å²) in [5.74, 6) is 0. The minimum atomic E-state index is 0.187. The van der Waals surface area contributed by atoms with Gasteiger partial charge >= 0.3 is 0 Å². The number of hydrogen-bond acceptors (Lipinski definition) is 2. The molecule has 3 atom stereocenters. The van der Waals surface area contributed by atoms with Crippen LogP contribution in [0.3, 0.4) is 0 Å². The van der Waals surface area contributed by atoms with Gasteiger partial charge in [0.25, 0.3) is 0 Å². The van der Waals surface area contributed by atoms with Gasteiger partial charge in [0.1, 0.15) is 0 Å². The normalized spacial score (nSPS) is 27.8. The fourth-order valence-corrected chi connectivity index (χ4v) is 2.87. The van der Waals surface area contributed by atoms with Gasteiger partial charge in [0.15, 0.2) is 0 Å². The topological polar surface area (TPSA) is 18.5 Å². The van der Waals surface area contributed by atoms with Gasteiger partial charge in [-0.1, -0.05) is 39.7 Å². The molecule has 1 fully saturated rings. The van der Waals surface area contributed by atoms with Crippen molar-refractivity contribution in [2.45, 2.75) is 37.0 Å². The zero-order chi connectivity index (χ0) is 12.3. The van der Waals surface area contributed by atoms with Gasteiger partial charge < -0.3 is 9.47 Å². The molecule has 0 spiro atoms. The Morgan fingerprint density at radius 3 is 2.59 bits per heavy atom. The molecule has 0 radical (unpaired) electrons. The Kier molecular flexibility index (Phi) is 4.86.